The first kappa shape index (κ1) is 18.7. The van der Waals surface area contributed by atoms with Crippen molar-refractivity contribution in [1.82, 2.24) is 15.3 Å². The van der Waals surface area contributed by atoms with Gasteiger partial charge in [0.1, 0.15) is 5.52 Å². The number of amides is 1. The van der Waals surface area contributed by atoms with Crippen molar-refractivity contribution in [2.45, 2.75) is 32.2 Å². The number of hydrogen-bond acceptors (Lipinski definition) is 5. The number of nitrogens with zero attached hydrogens (tertiary/aromatic N) is 3. The fourth-order valence-corrected chi connectivity index (χ4v) is 3.76. The Morgan fingerprint density at radius 3 is 2.89 bits per heavy atom. The van der Waals surface area contributed by atoms with Gasteiger partial charge < -0.3 is 14.6 Å². The van der Waals surface area contributed by atoms with Gasteiger partial charge in [-0.25, -0.2) is 0 Å². The summed E-state index contributed by atoms with van der Waals surface area (Å²) in [6.07, 6.45) is 4.07. The zero-order valence-electron chi connectivity index (χ0n) is 15.8. The van der Waals surface area contributed by atoms with E-state index in [1.165, 1.54) is 0 Å². The minimum atomic E-state index is 0.0151. The van der Waals surface area contributed by atoms with E-state index in [9.17, 15) is 4.79 Å². The Balaban J connectivity index is 1.31. The number of piperidine rings is 1. The van der Waals surface area contributed by atoms with Crippen LogP contribution in [0.25, 0.3) is 11.1 Å². The number of carbonyl (C=O) groups is 1. The van der Waals surface area contributed by atoms with Gasteiger partial charge in [-0.2, -0.15) is 4.98 Å². The van der Waals surface area contributed by atoms with Crippen molar-refractivity contribution in [2.24, 2.45) is 5.92 Å². The summed E-state index contributed by atoms with van der Waals surface area (Å²) in [6, 6.07) is 11.9. The molecule has 1 fully saturated rings. The van der Waals surface area contributed by atoms with Gasteiger partial charge in [-0.05, 0) is 44.0 Å². The number of halogens is 1. The van der Waals surface area contributed by atoms with E-state index in [0.29, 0.717) is 16.6 Å². The molecule has 146 valence electrons. The molecule has 3 aromatic rings. The first-order valence-electron chi connectivity index (χ1n) is 9.60. The lowest BCUT2D eigenvalue weighted by atomic mass is 9.95. The SMILES string of the molecule is CC(Cc1ccccn1)NC(=O)C1CCN(c2nc3ccc(Cl)cc3o2)CC1. The molecular weight excluding hydrogens is 376 g/mol. The van der Waals surface area contributed by atoms with E-state index in [-0.39, 0.29) is 17.9 Å². The summed E-state index contributed by atoms with van der Waals surface area (Å²) in [7, 11) is 0. The van der Waals surface area contributed by atoms with E-state index < -0.39 is 0 Å². The van der Waals surface area contributed by atoms with E-state index >= 15 is 0 Å². The largest absolute Gasteiger partial charge is 0.423 e. The molecule has 6 nitrogen and oxygen atoms in total. The molecule has 4 rings (SSSR count). The molecule has 0 aliphatic carbocycles. The number of carbonyl (C=O) groups excluding carboxylic acids is 1. The highest BCUT2D eigenvalue weighted by atomic mass is 35.5. The fourth-order valence-electron chi connectivity index (χ4n) is 3.60. The number of fused-ring (bicyclic) bond motifs is 1. The number of hydrogen-bond donors (Lipinski definition) is 1. The van der Waals surface area contributed by atoms with Crippen LogP contribution in [0.3, 0.4) is 0 Å². The monoisotopic (exact) mass is 398 g/mol. The summed E-state index contributed by atoms with van der Waals surface area (Å²) in [4.78, 5) is 23.6. The van der Waals surface area contributed by atoms with E-state index in [2.05, 4.69) is 20.2 Å². The Morgan fingerprint density at radius 2 is 2.14 bits per heavy atom. The third-order valence-electron chi connectivity index (χ3n) is 5.11. The van der Waals surface area contributed by atoms with Crippen LogP contribution in [0.1, 0.15) is 25.5 Å². The molecule has 1 aliphatic heterocycles. The van der Waals surface area contributed by atoms with Gasteiger partial charge in [0.05, 0.1) is 0 Å². The van der Waals surface area contributed by atoms with Crippen LogP contribution >= 0.6 is 11.6 Å². The maximum Gasteiger partial charge on any atom is 0.298 e. The molecule has 2 aromatic heterocycles. The molecule has 0 saturated carbocycles. The summed E-state index contributed by atoms with van der Waals surface area (Å²) < 4.78 is 5.84. The normalized spacial score (nSPS) is 16.3. The standard InChI is InChI=1S/C21H23ClN4O2/c1-14(12-17-4-2-3-9-23-17)24-20(27)15-7-10-26(11-8-15)21-25-18-6-5-16(22)13-19(18)28-21/h2-6,9,13-15H,7-8,10-12H2,1H3,(H,24,27). The maximum absolute atomic E-state index is 12.6. The Hall–Kier alpha value is -2.60. The summed E-state index contributed by atoms with van der Waals surface area (Å²) in [5.41, 5.74) is 2.47. The second-order valence-electron chi connectivity index (χ2n) is 7.30. The minimum absolute atomic E-state index is 0.0151. The number of rotatable bonds is 5. The smallest absolute Gasteiger partial charge is 0.298 e. The molecule has 1 unspecified atom stereocenters. The molecule has 0 spiro atoms. The minimum Gasteiger partial charge on any atom is -0.423 e. The van der Waals surface area contributed by atoms with Crippen molar-refractivity contribution in [3.8, 4) is 0 Å². The molecule has 1 N–H and O–H groups in total. The fraction of sp³-hybridized carbons (Fsp3) is 0.381. The van der Waals surface area contributed by atoms with E-state index in [1.54, 1.807) is 18.3 Å². The molecule has 1 saturated heterocycles. The van der Waals surface area contributed by atoms with Crippen molar-refractivity contribution in [1.29, 1.82) is 0 Å². The molecule has 0 bridgehead atoms. The van der Waals surface area contributed by atoms with Crippen LogP contribution in [0.5, 0.6) is 0 Å². The molecule has 1 atom stereocenters. The van der Waals surface area contributed by atoms with Crippen LogP contribution in [0.2, 0.25) is 5.02 Å². The zero-order chi connectivity index (χ0) is 19.5. The van der Waals surface area contributed by atoms with Gasteiger partial charge in [0.2, 0.25) is 5.91 Å². The first-order valence-corrected chi connectivity index (χ1v) is 9.97. The third-order valence-corrected chi connectivity index (χ3v) is 5.34. The van der Waals surface area contributed by atoms with Crippen LogP contribution in [0.4, 0.5) is 6.01 Å². The lowest BCUT2D eigenvalue weighted by molar-refractivity contribution is -0.126. The average Bonchev–Trinajstić information content (AvgIpc) is 3.12. The van der Waals surface area contributed by atoms with Crippen molar-refractivity contribution in [3.63, 3.8) is 0 Å². The van der Waals surface area contributed by atoms with Crippen LogP contribution in [0.15, 0.2) is 47.0 Å². The molecule has 28 heavy (non-hydrogen) atoms. The Labute approximate surface area is 168 Å². The molecule has 1 aliphatic rings. The molecular formula is C21H23ClN4O2. The second kappa shape index (κ2) is 8.19. The van der Waals surface area contributed by atoms with Crippen molar-refractivity contribution >= 4 is 34.6 Å². The number of pyridine rings is 1. The van der Waals surface area contributed by atoms with Gasteiger partial charge >= 0.3 is 0 Å². The number of anilines is 1. The summed E-state index contributed by atoms with van der Waals surface area (Å²) in [5.74, 6) is 0.133. The van der Waals surface area contributed by atoms with Crippen molar-refractivity contribution in [2.75, 3.05) is 18.0 Å². The summed E-state index contributed by atoms with van der Waals surface area (Å²) in [6.45, 7) is 3.51. The Kier molecular flexibility index (Phi) is 5.48. The molecule has 1 aromatic carbocycles. The van der Waals surface area contributed by atoms with Crippen LogP contribution in [-0.2, 0) is 11.2 Å². The predicted octanol–water partition coefficient (Wildman–Crippen LogP) is 3.84. The zero-order valence-corrected chi connectivity index (χ0v) is 16.5. The van der Waals surface area contributed by atoms with E-state index in [0.717, 1.165) is 43.6 Å². The maximum atomic E-state index is 12.6. The molecule has 7 heteroatoms. The third kappa shape index (κ3) is 4.28. The predicted molar refractivity (Wildman–Crippen MR) is 110 cm³/mol. The highest BCUT2D eigenvalue weighted by Crippen LogP contribution is 2.28. The van der Waals surface area contributed by atoms with Crippen LogP contribution in [-0.4, -0.2) is 35.0 Å². The summed E-state index contributed by atoms with van der Waals surface area (Å²) in [5, 5.41) is 3.76. The Morgan fingerprint density at radius 1 is 1.32 bits per heavy atom. The quantitative estimate of drug-likeness (QED) is 0.707. The number of aromatic nitrogens is 2. The van der Waals surface area contributed by atoms with Crippen LogP contribution in [0, 0.1) is 5.92 Å². The number of benzene rings is 1. The summed E-state index contributed by atoms with van der Waals surface area (Å²) >= 11 is 6.01. The topological polar surface area (TPSA) is 71.3 Å². The first-order chi connectivity index (χ1) is 13.6. The van der Waals surface area contributed by atoms with Crippen LogP contribution < -0.4 is 10.2 Å². The van der Waals surface area contributed by atoms with Gasteiger partial charge in [-0.3, -0.25) is 9.78 Å². The van der Waals surface area contributed by atoms with Gasteiger partial charge in [-0.15, -0.1) is 0 Å². The molecule has 1 amide bonds. The van der Waals surface area contributed by atoms with Crippen molar-refractivity contribution in [3.05, 3.63) is 53.3 Å². The van der Waals surface area contributed by atoms with E-state index in [1.807, 2.05) is 31.2 Å². The van der Waals surface area contributed by atoms with Gasteiger partial charge in [0.15, 0.2) is 5.58 Å². The molecule has 0 radical (unpaired) electrons. The number of nitrogens with one attached hydrogen (secondary N) is 1. The average molecular weight is 399 g/mol. The van der Waals surface area contributed by atoms with Crippen molar-refractivity contribution < 1.29 is 9.21 Å². The van der Waals surface area contributed by atoms with Gasteiger partial charge in [0.25, 0.3) is 6.01 Å². The Bertz CT molecular complexity index is 951. The highest BCUT2D eigenvalue weighted by Gasteiger charge is 2.28. The highest BCUT2D eigenvalue weighted by molar-refractivity contribution is 6.31. The van der Waals surface area contributed by atoms with Gasteiger partial charge in [-0.1, -0.05) is 17.7 Å². The second-order valence-corrected chi connectivity index (χ2v) is 7.74. The molecule has 3 heterocycles. The lowest BCUT2D eigenvalue weighted by Gasteiger charge is -2.30. The van der Waals surface area contributed by atoms with E-state index in [4.69, 9.17) is 16.0 Å². The number of oxazole rings is 1. The lowest BCUT2D eigenvalue weighted by Crippen LogP contribution is -2.43. The van der Waals surface area contributed by atoms with Gasteiger partial charge in [0, 0.05) is 54.4 Å².